The predicted octanol–water partition coefficient (Wildman–Crippen LogP) is 0.725. The van der Waals surface area contributed by atoms with Crippen LogP contribution in [0.5, 0.6) is 0 Å². The molecule has 1 saturated heterocycles. The number of ether oxygens (including phenoxy) is 1. The molecule has 0 aliphatic carbocycles. The first kappa shape index (κ1) is 12.4. The third kappa shape index (κ3) is 2.54. The molecule has 0 unspecified atom stereocenters. The zero-order chi connectivity index (χ0) is 13.2. The van der Waals surface area contributed by atoms with Crippen LogP contribution in [0, 0.1) is 0 Å². The van der Waals surface area contributed by atoms with Gasteiger partial charge in [0.05, 0.1) is 18.1 Å². The van der Waals surface area contributed by atoms with Gasteiger partial charge in [-0.25, -0.2) is 9.97 Å². The highest BCUT2D eigenvalue weighted by atomic mass is 16.5. The number of H-pyrrole nitrogens is 1. The number of morpholine rings is 1. The standard InChI is InChI=1S/C13H19N5O/c1-17(2)7-10-8-18(5-6-19-10)13-11-3-4-14-12(11)15-9-16-13/h3-4,9-10H,5-8H2,1-2H3,(H,14,15,16)/t10-/m0/s1. The van der Waals surface area contributed by atoms with E-state index in [1.54, 1.807) is 6.33 Å². The fraction of sp³-hybridized carbons (Fsp3) is 0.538. The summed E-state index contributed by atoms with van der Waals surface area (Å²) in [6.07, 6.45) is 3.75. The summed E-state index contributed by atoms with van der Waals surface area (Å²) < 4.78 is 5.80. The quantitative estimate of drug-likeness (QED) is 0.882. The second-order valence-electron chi connectivity index (χ2n) is 5.14. The SMILES string of the molecule is CN(C)C[C@H]1CN(c2ncnc3[nH]ccc23)CCO1. The van der Waals surface area contributed by atoms with Crippen LogP contribution >= 0.6 is 0 Å². The Balaban J connectivity index is 1.83. The van der Waals surface area contributed by atoms with Gasteiger partial charge in [-0.15, -0.1) is 0 Å². The molecule has 1 aliphatic rings. The van der Waals surface area contributed by atoms with Crippen LogP contribution in [0.25, 0.3) is 11.0 Å². The summed E-state index contributed by atoms with van der Waals surface area (Å²) in [7, 11) is 4.13. The topological polar surface area (TPSA) is 57.3 Å². The Labute approximate surface area is 112 Å². The number of likely N-dealkylation sites (N-methyl/N-ethyl adjacent to an activating group) is 1. The molecule has 0 radical (unpaired) electrons. The van der Waals surface area contributed by atoms with Crippen molar-refractivity contribution in [2.24, 2.45) is 0 Å². The van der Waals surface area contributed by atoms with Gasteiger partial charge in [-0.3, -0.25) is 0 Å². The maximum absolute atomic E-state index is 5.80. The predicted molar refractivity (Wildman–Crippen MR) is 74.4 cm³/mol. The van der Waals surface area contributed by atoms with Crippen LogP contribution in [-0.4, -0.2) is 66.3 Å². The van der Waals surface area contributed by atoms with Crippen molar-refractivity contribution < 1.29 is 4.74 Å². The minimum atomic E-state index is 0.229. The van der Waals surface area contributed by atoms with Crippen LogP contribution < -0.4 is 4.90 Å². The van der Waals surface area contributed by atoms with E-state index in [2.05, 4.69) is 38.8 Å². The van der Waals surface area contributed by atoms with Crippen molar-refractivity contribution in [2.45, 2.75) is 6.10 Å². The molecule has 3 heterocycles. The van der Waals surface area contributed by atoms with E-state index in [0.717, 1.165) is 43.1 Å². The number of anilines is 1. The van der Waals surface area contributed by atoms with Crippen molar-refractivity contribution in [2.75, 3.05) is 45.2 Å². The number of rotatable bonds is 3. The second kappa shape index (κ2) is 5.14. The molecule has 3 rings (SSSR count). The Morgan fingerprint density at radius 1 is 1.47 bits per heavy atom. The third-order valence-corrected chi connectivity index (χ3v) is 3.34. The third-order valence-electron chi connectivity index (χ3n) is 3.34. The summed E-state index contributed by atoms with van der Waals surface area (Å²) in [4.78, 5) is 16.2. The number of fused-ring (bicyclic) bond motifs is 1. The summed E-state index contributed by atoms with van der Waals surface area (Å²) in [5.74, 6) is 0.998. The molecule has 0 bridgehead atoms. The van der Waals surface area contributed by atoms with Crippen molar-refractivity contribution in [3.05, 3.63) is 18.6 Å². The van der Waals surface area contributed by atoms with Gasteiger partial charge in [0.15, 0.2) is 0 Å². The minimum Gasteiger partial charge on any atom is -0.373 e. The van der Waals surface area contributed by atoms with Gasteiger partial charge in [-0.1, -0.05) is 0 Å². The highest BCUT2D eigenvalue weighted by molar-refractivity contribution is 5.87. The van der Waals surface area contributed by atoms with E-state index < -0.39 is 0 Å². The summed E-state index contributed by atoms with van der Waals surface area (Å²) in [6.45, 7) is 3.42. The van der Waals surface area contributed by atoms with Gasteiger partial charge in [0, 0.05) is 25.8 Å². The number of aromatic nitrogens is 3. The monoisotopic (exact) mass is 261 g/mol. The molecule has 6 heteroatoms. The molecule has 1 N–H and O–H groups in total. The van der Waals surface area contributed by atoms with Crippen molar-refractivity contribution in [1.29, 1.82) is 0 Å². The highest BCUT2D eigenvalue weighted by Gasteiger charge is 2.23. The Morgan fingerprint density at radius 2 is 2.37 bits per heavy atom. The van der Waals surface area contributed by atoms with Crippen LogP contribution in [0.2, 0.25) is 0 Å². The number of aromatic amines is 1. The van der Waals surface area contributed by atoms with E-state index in [1.807, 2.05) is 12.3 Å². The lowest BCUT2D eigenvalue weighted by Gasteiger charge is -2.35. The van der Waals surface area contributed by atoms with Crippen LogP contribution in [0.4, 0.5) is 5.82 Å². The summed E-state index contributed by atoms with van der Waals surface area (Å²) >= 11 is 0. The molecule has 102 valence electrons. The highest BCUT2D eigenvalue weighted by Crippen LogP contribution is 2.23. The molecule has 19 heavy (non-hydrogen) atoms. The lowest BCUT2D eigenvalue weighted by molar-refractivity contribution is 0.0246. The van der Waals surface area contributed by atoms with E-state index in [9.17, 15) is 0 Å². The van der Waals surface area contributed by atoms with Crippen LogP contribution in [-0.2, 0) is 4.74 Å². The van der Waals surface area contributed by atoms with Gasteiger partial charge in [0.1, 0.15) is 17.8 Å². The van der Waals surface area contributed by atoms with E-state index in [4.69, 9.17) is 4.74 Å². The zero-order valence-corrected chi connectivity index (χ0v) is 11.3. The van der Waals surface area contributed by atoms with Crippen molar-refractivity contribution in [1.82, 2.24) is 19.9 Å². The molecule has 0 aromatic carbocycles. The molecule has 0 saturated carbocycles. The average Bonchev–Trinajstić information content (AvgIpc) is 2.86. The normalized spacial score (nSPS) is 20.4. The fourth-order valence-corrected chi connectivity index (χ4v) is 2.54. The second-order valence-corrected chi connectivity index (χ2v) is 5.14. The Morgan fingerprint density at radius 3 is 3.21 bits per heavy atom. The molecule has 1 fully saturated rings. The fourth-order valence-electron chi connectivity index (χ4n) is 2.54. The largest absolute Gasteiger partial charge is 0.373 e. The van der Waals surface area contributed by atoms with E-state index in [1.165, 1.54) is 0 Å². The van der Waals surface area contributed by atoms with E-state index in [-0.39, 0.29) is 6.10 Å². The smallest absolute Gasteiger partial charge is 0.142 e. The number of nitrogens with one attached hydrogen (secondary N) is 1. The first-order chi connectivity index (χ1) is 9.24. The Hall–Kier alpha value is -1.66. The molecule has 1 atom stereocenters. The number of nitrogens with zero attached hydrogens (tertiary/aromatic N) is 4. The van der Waals surface area contributed by atoms with Gasteiger partial charge >= 0.3 is 0 Å². The average molecular weight is 261 g/mol. The molecule has 0 amide bonds. The van der Waals surface area contributed by atoms with Crippen molar-refractivity contribution in [3.63, 3.8) is 0 Å². The lowest BCUT2D eigenvalue weighted by atomic mass is 10.2. The van der Waals surface area contributed by atoms with Gasteiger partial charge in [-0.2, -0.15) is 0 Å². The molecular weight excluding hydrogens is 242 g/mol. The maximum Gasteiger partial charge on any atom is 0.142 e. The van der Waals surface area contributed by atoms with E-state index >= 15 is 0 Å². The number of hydrogen-bond donors (Lipinski definition) is 1. The minimum absolute atomic E-state index is 0.229. The van der Waals surface area contributed by atoms with Crippen molar-refractivity contribution in [3.8, 4) is 0 Å². The van der Waals surface area contributed by atoms with Crippen LogP contribution in [0.3, 0.4) is 0 Å². The Bertz CT molecular complexity index is 553. The van der Waals surface area contributed by atoms with Gasteiger partial charge in [0.25, 0.3) is 0 Å². The Kier molecular flexibility index (Phi) is 3.35. The molecule has 6 nitrogen and oxygen atoms in total. The molecule has 2 aromatic heterocycles. The summed E-state index contributed by atoms with van der Waals surface area (Å²) in [6, 6.07) is 2.03. The van der Waals surface area contributed by atoms with Gasteiger partial charge in [0.2, 0.25) is 0 Å². The molecular formula is C13H19N5O. The van der Waals surface area contributed by atoms with E-state index in [0.29, 0.717) is 0 Å². The zero-order valence-electron chi connectivity index (χ0n) is 11.3. The first-order valence-corrected chi connectivity index (χ1v) is 6.53. The maximum atomic E-state index is 5.80. The molecule has 2 aromatic rings. The van der Waals surface area contributed by atoms with Crippen molar-refractivity contribution >= 4 is 16.9 Å². The summed E-state index contributed by atoms with van der Waals surface area (Å²) in [5.41, 5.74) is 0.889. The van der Waals surface area contributed by atoms with Crippen LogP contribution in [0.1, 0.15) is 0 Å². The summed E-state index contributed by atoms with van der Waals surface area (Å²) in [5, 5.41) is 1.08. The van der Waals surface area contributed by atoms with Gasteiger partial charge in [-0.05, 0) is 20.2 Å². The van der Waals surface area contributed by atoms with Crippen LogP contribution in [0.15, 0.2) is 18.6 Å². The molecule has 1 aliphatic heterocycles. The number of hydrogen-bond acceptors (Lipinski definition) is 5. The lowest BCUT2D eigenvalue weighted by Crippen LogP contribution is -2.46. The first-order valence-electron chi connectivity index (χ1n) is 6.53. The van der Waals surface area contributed by atoms with Gasteiger partial charge < -0.3 is 19.5 Å². The molecule has 0 spiro atoms.